The van der Waals surface area contributed by atoms with Gasteiger partial charge in [-0.05, 0) is 69.0 Å². The molecule has 0 saturated carbocycles. The van der Waals surface area contributed by atoms with Gasteiger partial charge in [-0.2, -0.15) is 0 Å². The standard InChI is InChI=1S/C29H34F3N5O3/c1-17-9-20(36-28(39)40-29(2,3)4)15-37(14-17)25-7-8-33-13-24(25)34-12-19-5-6-21(30)27(35-19)26-22(31)10-18(16-38)11-23(26)32/h5-8,10-11,13,17,20,34,38H,9,12,14-16H2,1-4H3,(H,36,39)/t17-,20+/m1/s1. The second kappa shape index (κ2) is 12.1. The molecule has 1 saturated heterocycles. The number of rotatable bonds is 7. The number of nitrogens with zero attached hydrogens (tertiary/aromatic N) is 3. The van der Waals surface area contributed by atoms with Crippen molar-refractivity contribution in [2.75, 3.05) is 23.3 Å². The van der Waals surface area contributed by atoms with E-state index in [4.69, 9.17) is 4.74 Å². The third-order valence-electron chi connectivity index (χ3n) is 6.40. The molecule has 0 spiro atoms. The lowest BCUT2D eigenvalue weighted by Crippen LogP contribution is -2.51. The molecule has 0 aliphatic carbocycles. The molecule has 1 aromatic carbocycles. The van der Waals surface area contributed by atoms with E-state index in [9.17, 15) is 23.1 Å². The average molecular weight is 558 g/mol. The third-order valence-corrected chi connectivity index (χ3v) is 6.40. The highest BCUT2D eigenvalue weighted by Gasteiger charge is 2.29. The summed E-state index contributed by atoms with van der Waals surface area (Å²) in [7, 11) is 0. The number of hydrogen-bond donors (Lipinski definition) is 3. The smallest absolute Gasteiger partial charge is 0.407 e. The number of aliphatic hydroxyl groups is 1. The number of halogens is 3. The normalized spacial score (nSPS) is 17.4. The van der Waals surface area contributed by atoms with Crippen LogP contribution in [0, 0.1) is 23.4 Å². The third kappa shape index (κ3) is 7.20. The van der Waals surface area contributed by atoms with Crippen LogP contribution in [-0.2, 0) is 17.9 Å². The molecule has 4 rings (SSSR count). The highest BCUT2D eigenvalue weighted by Crippen LogP contribution is 2.31. The van der Waals surface area contributed by atoms with Gasteiger partial charge < -0.3 is 25.4 Å². The van der Waals surface area contributed by atoms with Crippen molar-refractivity contribution in [3.8, 4) is 11.3 Å². The van der Waals surface area contributed by atoms with Crippen molar-refractivity contribution in [2.24, 2.45) is 5.92 Å². The van der Waals surface area contributed by atoms with E-state index < -0.39 is 47.0 Å². The van der Waals surface area contributed by atoms with E-state index in [1.807, 2.05) is 26.8 Å². The molecule has 214 valence electrons. The Hall–Kier alpha value is -3.86. The van der Waals surface area contributed by atoms with Crippen LogP contribution >= 0.6 is 0 Å². The van der Waals surface area contributed by atoms with E-state index in [2.05, 4.69) is 32.4 Å². The fourth-order valence-corrected chi connectivity index (χ4v) is 4.81. The minimum Gasteiger partial charge on any atom is -0.444 e. The number of ether oxygens (including phenoxy) is 1. The molecule has 1 aliphatic heterocycles. The Balaban J connectivity index is 1.51. The average Bonchev–Trinajstić information content (AvgIpc) is 2.87. The van der Waals surface area contributed by atoms with Gasteiger partial charge in [0.1, 0.15) is 28.7 Å². The summed E-state index contributed by atoms with van der Waals surface area (Å²) in [5.41, 5.74) is 0.294. The van der Waals surface area contributed by atoms with Crippen molar-refractivity contribution >= 4 is 17.5 Å². The second-order valence-electron chi connectivity index (χ2n) is 11.1. The maximum atomic E-state index is 14.6. The highest BCUT2D eigenvalue weighted by atomic mass is 19.1. The van der Waals surface area contributed by atoms with Gasteiger partial charge in [-0.25, -0.2) is 22.9 Å². The van der Waals surface area contributed by atoms with Crippen LogP contribution in [0.5, 0.6) is 0 Å². The predicted molar refractivity (Wildman–Crippen MR) is 146 cm³/mol. The van der Waals surface area contributed by atoms with Crippen LogP contribution < -0.4 is 15.5 Å². The summed E-state index contributed by atoms with van der Waals surface area (Å²) in [5, 5.41) is 15.4. The molecule has 3 heterocycles. The fraction of sp³-hybridized carbons (Fsp3) is 0.414. The van der Waals surface area contributed by atoms with E-state index in [0.29, 0.717) is 17.9 Å². The number of hydrogen-bond acceptors (Lipinski definition) is 7. The van der Waals surface area contributed by atoms with Gasteiger partial charge in [0.25, 0.3) is 0 Å². The zero-order valence-corrected chi connectivity index (χ0v) is 23.0. The van der Waals surface area contributed by atoms with Crippen LogP contribution in [0.25, 0.3) is 11.3 Å². The van der Waals surface area contributed by atoms with Crippen molar-refractivity contribution in [2.45, 2.75) is 58.9 Å². The Morgan fingerprint density at radius 2 is 1.85 bits per heavy atom. The molecule has 8 nitrogen and oxygen atoms in total. The van der Waals surface area contributed by atoms with Gasteiger partial charge >= 0.3 is 6.09 Å². The Bertz CT molecular complexity index is 1340. The quantitative estimate of drug-likeness (QED) is 0.358. The molecule has 0 radical (unpaired) electrons. The van der Waals surface area contributed by atoms with E-state index in [0.717, 1.165) is 36.9 Å². The van der Waals surface area contributed by atoms with Crippen molar-refractivity contribution in [1.29, 1.82) is 0 Å². The lowest BCUT2D eigenvalue weighted by molar-refractivity contribution is 0.0495. The lowest BCUT2D eigenvalue weighted by Gasteiger charge is -2.39. The van der Waals surface area contributed by atoms with Crippen LogP contribution in [0.1, 0.15) is 45.4 Å². The van der Waals surface area contributed by atoms with Gasteiger partial charge in [0.2, 0.25) is 0 Å². The number of alkyl carbamates (subject to hydrolysis) is 1. The first kappa shape index (κ1) is 29.1. The molecule has 40 heavy (non-hydrogen) atoms. The van der Waals surface area contributed by atoms with E-state index >= 15 is 0 Å². The van der Waals surface area contributed by atoms with Crippen LogP contribution in [0.2, 0.25) is 0 Å². The van der Waals surface area contributed by atoms with Gasteiger partial charge in [-0.1, -0.05) is 6.92 Å². The number of benzene rings is 1. The molecule has 1 amide bonds. The summed E-state index contributed by atoms with van der Waals surface area (Å²) >= 11 is 0. The molecule has 2 aromatic heterocycles. The number of aromatic nitrogens is 2. The molecule has 3 N–H and O–H groups in total. The van der Waals surface area contributed by atoms with Crippen molar-refractivity contribution in [3.05, 3.63) is 71.4 Å². The fourth-order valence-electron chi connectivity index (χ4n) is 4.81. The number of pyridine rings is 2. The minimum atomic E-state index is -1.01. The molecule has 3 aromatic rings. The second-order valence-corrected chi connectivity index (χ2v) is 11.1. The zero-order chi connectivity index (χ0) is 29.0. The zero-order valence-electron chi connectivity index (χ0n) is 23.0. The van der Waals surface area contributed by atoms with Crippen molar-refractivity contribution in [1.82, 2.24) is 15.3 Å². The van der Waals surface area contributed by atoms with Crippen LogP contribution in [0.3, 0.4) is 0 Å². The van der Waals surface area contributed by atoms with Gasteiger partial charge in [0.05, 0.1) is 42.0 Å². The largest absolute Gasteiger partial charge is 0.444 e. The number of amides is 1. The Morgan fingerprint density at radius 1 is 1.12 bits per heavy atom. The number of piperidine rings is 1. The molecular weight excluding hydrogens is 523 g/mol. The van der Waals surface area contributed by atoms with Gasteiger partial charge in [0.15, 0.2) is 0 Å². The van der Waals surface area contributed by atoms with Crippen LogP contribution in [0.15, 0.2) is 42.7 Å². The number of nitrogens with one attached hydrogen (secondary N) is 2. The first-order valence-electron chi connectivity index (χ1n) is 13.1. The van der Waals surface area contributed by atoms with E-state index in [-0.39, 0.29) is 24.1 Å². The lowest BCUT2D eigenvalue weighted by atomic mass is 9.95. The SMILES string of the molecule is C[C@@H]1C[C@H](NC(=O)OC(C)(C)C)CN(c2ccncc2NCc2ccc(F)c(-c3c(F)cc(CO)cc3F)n2)C1. The molecule has 1 aliphatic rings. The van der Waals surface area contributed by atoms with E-state index in [1.165, 1.54) is 6.07 Å². The molecule has 11 heteroatoms. The Morgan fingerprint density at radius 3 is 2.52 bits per heavy atom. The first-order chi connectivity index (χ1) is 18.9. The minimum absolute atomic E-state index is 0.0386. The molecular formula is C29H34F3N5O3. The van der Waals surface area contributed by atoms with Crippen LogP contribution in [-0.4, -0.2) is 45.9 Å². The first-order valence-corrected chi connectivity index (χ1v) is 13.1. The van der Waals surface area contributed by atoms with Gasteiger partial charge in [0, 0.05) is 25.3 Å². The summed E-state index contributed by atoms with van der Waals surface area (Å²) in [6.07, 6.45) is 3.67. The number of aliphatic hydroxyl groups excluding tert-OH is 1. The molecule has 1 fully saturated rings. The maximum absolute atomic E-state index is 14.6. The number of carbonyl (C=O) groups is 1. The molecule has 0 unspecified atom stereocenters. The summed E-state index contributed by atoms with van der Waals surface area (Å²) in [6, 6.07) is 6.20. The van der Waals surface area contributed by atoms with Crippen molar-refractivity contribution < 1.29 is 27.8 Å². The topological polar surface area (TPSA) is 99.6 Å². The highest BCUT2D eigenvalue weighted by molar-refractivity contribution is 5.71. The summed E-state index contributed by atoms with van der Waals surface area (Å²) in [4.78, 5) is 22.9. The summed E-state index contributed by atoms with van der Waals surface area (Å²) in [5.74, 6) is -2.60. The monoisotopic (exact) mass is 557 g/mol. The number of carbonyl (C=O) groups excluding carboxylic acids is 1. The summed E-state index contributed by atoms with van der Waals surface area (Å²) < 4.78 is 49.2. The Labute approximate surface area is 231 Å². The maximum Gasteiger partial charge on any atom is 0.407 e. The van der Waals surface area contributed by atoms with Crippen molar-refractivity contribution in [3.63, 3.8) is 0 Å². The number of anilines is 2. The predicted octanol–water partition coefficient (Wildman–Crippen LogP) is 5.40. The molecule has 0 bridgehead atoms. The van der Waals surface area contributed by atoms with Gasteiger partial charge in [-0.3, -0.25) is 4.98 Å². The Kier molecular flexibility index (Phi) is 8.82. The van der Waals surface area contributed by atoms with Gasteiger partial charge in [-0.15, -0.1) is 0 Å². The summed E-state index contributed by atoms with van der Waals surface area (Å²) in [6.45, 7) is 8.46. The van der Waals surface area contributed by atoms with E-state index in [1.54, 1.807) is 12.4 Å². The molecule has 2 atom stereocenters. The van der Waals surface area contributed by atoms with Crippen LogP contribution in [0.4, 0.5) is 29.3 Å².